The predicted molar refractivity (Wildman–Crippen MR) is 324 cm³/mol. The van der Waals surface area contributed by atoms with Gasteiger partial charge in [-0.25, -0.2) is 0 Å². The summed E-state index contributed by atoms with van der Waals surface area (Å²) in [6.07, 6.45) is 0. The van der Waals surface area contributed by atoms with E-state index in [1.54, 1.807) is 0 Å². The van der Waals surface area contributed by atoms with Gasteiger partial charge in [-0.3, -0.25) is 0 Å². The summed E-state index contributed by atoms with van der Waals surface area (Å²) >= 11 is 0. The Balaban J connectivity index is 1.02. The molecule has 0 atom stereocenters. The van der Waals surface area contributed by atoms with Gasteiger partial charge in [-0.1, -0.05) is 218 Å². The Morgan fingerprint density at radius 2 is 0.587 bits per heavy atom. The zero-order valence-electron chi connectivity index (χ0n) is 47.6. The van der Waals surface area contributed by atoms with Crippen molar-refractivity contribution in [2.75, 3.05) is 0 Å². The first-order valence-electron chi connectivity index (χ1n) is 27.3. The molecule has 2 heteroatoms. The molecule has 75 heavy (non-hydrogen) atoms. The second-order valence-electron chi connectivity index (χ2n) is 26.4. The van der Waals surface area contributed by atoms with Crippen molar-refractivity contribution in [2.24, 2.45) is 0 Å². The maximum absolute atomic E-state index is 2.51. The van der Waals surface area contributed by atoms with E-state index >= 15 is 0 Å². The van der Waals surface area contributed by atoms with Gasteiger partial charge in [0, 0.05) is 50.1 Å². The van der Waals surface area contributed by atoms with Crippen molar-refractivity contribution in [1.29, 1.82) is 0 Å². The molecule has 0 radical (unpaired) electrons. The lowest BCUT2D eigenvalue weighted by atomic mass is 9.82. The minimum Gasteiger partial charge on any atom is -0.313 e. The molecule has 2 nitrogen and oxygen atoms in total. The summed E-state index contributed by atoms with van der Waals surface area (Å²) in [7, 11) is 0. The van der Waals surface area contributed by atoms with E-state index in [-0.39, 0.29) is 27.1 Å². The summed E-state index contributed by atoms with van der Waals surface area (Å²) < 4.78 is 5.02. The lowest BCUT2D eigenvalue weighted by Gasteiger charge is -2.23. The van der Waals surface area contributed by atoms with Crippen LogP contribution in [0.1, 0.15) is 142 Å². The summed E-state index contributed by atoms with van der Waals surface area (Å²) in [4.78, 5) is 0. The molecule has 0 bridgehead atoms. The number of aromatic nitrogens is 2. The summed E-state index contributed by atoms with van der Waals surface area (Å²) in [6.45, 7) is 36.9. The molecule has 0 N–H and O–H groups in total. The van der Waals surface area contributed by atoms with Crippen molar-refractivity contribution in [2.45, 2.75) is 138 Å². The molecule has 0 saturated heterocycles. The molecule has 378 valence electrons. The molecule has 0 fully saturated rings. The zero-order valence-corrected chi connectivity index (χ0v) is 47.6. The number of hydrogen-bond acceptors (Lipinski definition) is 0. The zero-order chi connectivity index (χ0) is 53.3. The molecule has 2 heterocycles. The van der Waals surface area contributed by atoms with Gasteiger partial charge >= 0.3 is 0 Å². The van der Waals surface area contributed by atoms with Crippen molar-refractivity contribution in [3.63, 3.8) is 0 Å². The summed E-state index contributed by atoms with van der Waals surface area (Å²) in [5, 5.41) is 2.54. The van der Waals surface area contributed by atoms with E-state index in [0.29, 0.717) is 0 Å². The van der Waals surface area contributed by atoms with E-state index in [4.69, 9.17) is 0 Å². The third kappa shape index (κ3) is 8.59. The normalized spacial score (nSPS) is 13.7. The van der Waals surface area contributed by atoms with Crippen LogP contribution in [0.3, 0.4) is 0 Å². The first-order valence-corrected chi connectivity index (χ1v) is 27.3. The molecule has 2 aromatic heterocycles. The Kier molecular flexibility index (Phi) is 11.6. The first-order chi connectivity index (χ1) is 35.3. The molecule has 0 amide bonds. The number of fused-ring (bicyclic) bond motifs is 5. The van der Waals surface area contributed by atoms with Gasteiger partial charge < -0.3 is 9.13 Å². The minimum atomic E-state index is -0.250. The fraction of sp³-hybridized carbons (Fsp3) is 0.288. The Bertz CT molecular complexity index is 3580. The molecule has 1 aliphatic rings. The van der Waals surface area contributed by atoms with Crippen molar-refractivity contribution in [3.8, 4) is 67.0 Å². The molecular formula is C73H76N2. The second kappa shape index (κ2) is 17.5. The first kappa shape index (κ1) is 50.0. The maximum atomic E-state index is 2.51. The highest BCUT2D eigenvalue weighted by atomic mass is 15.0. The standard InChI is InChI=1S/C73H76N2/c1-45-67(49-21-31-55(32-22-49)71(9,10)11)61-41-51(47-17-27-53(28-18-47)69(3,4)5)25-39-65(61)74(45)57-35-37-59-60-38-36-58(44-64(60)73(15,16)63(59)43-57)75-46(2)68(50-23-33-56(34-24-50)72(12,13)14)62-42-52(26-40-66(62)75)48-19-29-54(30-20-48)70(6,7)8/h17-44H,1-16H3. The lowest BCUT2D eigenvalue weighted by Crippen LogP contribution is -2.16. The van der Waals surface area contributed by atoms with Crippen LogP contribution in [0, 0.1) is 13.8 Å². The van der Waals surface area contributed by atoms with E-state index in [9.17, 15) is 0 Å². The molecule has 8 aromatic carbocycles. The number of hydrogen-bond donors (Lipinski definition) is 0. The highest BCUT2D eigenvalue weighted by molar-refractivity contribution is 6.03. The molecule has 0 saturated carbocycles. The van der Waals surface area contributed by atoms with Gasteiger partial charge in [0.05, 0.1) is 11.0 Å². The average Bonchev–Trinajstić information content (AvgIpc) is 3.92. The van der Waals surface area contributed by atoms with E-state index in [1.165, 1.54) is 134 Å². The van der Waals surface area contributed by atoms with Gasteiger partial charge in [-0.2, -0.15) is 0 Å². The van der Waals surface area contributed by atoms with Gasteiger partial charge in [0.15, 0.2) is 0 Å². The highest BCUT2D eigenvalue weighted by Crippen LogP contribution is 2.51. The van der Waals surface area contributed by atoms with Crippen molar-refractivity contribution in [3.05, 3.63) is 215 Å². The van der Waals surface area contributed by atoms with Gasteiger partial charge in [0.2, 0.25) is 0 Å². The summed E-state index contributed by atoms with van der Waals surface area (Å²) in [5.41, 5.74) is 28.1. The summed E-state index contributed by atoms with van der Waals surface area (Å²) in [6, 6.07) is 65.6. The fourth-order valence-corrected chi connectivity index (χ4v) is 12.2. The van der Waals surface area contributed by atoms with Crippen LogP contribution in [0.15, 0.2) is 170 Å². The predicted octanol–water partition coefficient (Wildman–Crippen LogP) is 20.4. The maximum Gasteiger partial charge on any atom is 0.0538 e. The Labute approximate surface area is 448 Å². The Morgan fingerprint density at radius 1 is 0.307 bits per heavy atom. The molecule has 1 aliphatic carbocycles. The van der Waals surface area contributed by atoms with Gasteiger partial charge in [0.25, 0.3) is 0 Å². The molecule has 11 rings (SSSR count). The molecular weight excluding hydrogens is 905 g/mol. The quantitative estimate of drug-likeness (QED) is 0.157. The number of rotatable bonds is 6. The van der Waals surface area contributed by atoms with Crippen LogP contribution < -0.4 is 0 Å². The third-order valence-corrected chi connectivity index (χ3v) is 16.8. The third-order valence-electron chi connectivity index (χ3n) is 16.8. The number of benzene rings is 8. The SMILES string of the molecule is Cc1c(-c2ccc(C(C)(C)C)cc2)c2cc(-c3ccc(C(C)(C)C)cc3)ccc2n1-c1ccc2c(c1)C(C)(C)c1cc(-n3c(C)c(-c4ccc(C(C)(C)C)cc4)c4cc(-c5ccc(C(C)(C)C)cc5)ccc43)ccc1-2. The average molecular weight is 981 g/mol. The smallest absolute Gasteiger partial charge is 0.0538 e. The van der Waals surface area contributed by atoms with Gasteiger partial charge in [-0.15, -0.1) is 0 Å². The van der Waals surface area contributed by atoms with Crippen molar-refractivity contribution >= 4 is 21.8 Å². The van der Waals surface area contributed by atoms with E-state index in [0.717, 1.165) is 0 Å². The van der Waals surface area contributed by atoms with Crippen LogP contribution in [-0.4, -0.2) is 9.13 Å². The lowest BCUT2D eigenvalue weighted by molar-refractivity contribution is 0.590. The van der Waals surface area contributed by atoms with Crippen LogP contribution in [-0.2, 0) is 27.1 Å². The van der Waals surface area contributed by atoms with Crippen LogP contribution in [0.5, 0.6) is 0 Å². The van der Waals surface area contributed by atoms with Crippen molar-refractivity contribution < 1.29 is 0 Å². The second-order valence-corrected chi connectivity index (χ2v) is 26.4. The van der Waals surface area contributed by atoms with Crippen LogP contribution >= 0.6 is 0 Å². The number of nitrogens with zero attached hydrogens (tertiary/aromatic N) is 2. The Morgan fingerprint density at radius 3 is 0.880 bits per heavy atom. The van der Waals surface area contributed by atoms with E-state index < -0.39 is 0 Å². The van der Waals surface area contributed by atoms with Crippen molar-refractivity contribution in [1.82, 2.24) is 9.13 Å². The topological polar surface area (TPSA) is 9.86 Å². The van der Waals surface area contributed by atoms with Gasteiger partial charge in [-0.05, 0) is 162 Å². The largest absolute Gasteiger partial charge is 0.313 e. The van der Waals surface area contributed by atoms with Crippen LogP contribution in [0.25, 0.3) is 88.8 Å². The fourth-order valence-electron chi connectivity index (χ4n) is 12.2. The van der Waals surface area contributed by atoms with Crippen LogP contribution in [0.4, 0.5) is 0 Å². The highest BCUT2D eigenvalue weighted by Gasteiger charge is 2.37. The monoisotopic (exact) mass is 981 g/mol. The van der Waals surface area contributed by atoms with Gasteiger partial charge in [0.1, 0.15) is 0 Å². The molecule has 10 aromatic rings. The van der Waals surface area contributed by atoms with Crippen LogP contribution in [0.2, 0.25) is 0 Å². The Hall–Kier alpha value is -7.16. The van der Waals surface area contributed by atoms with E-state index in [2.05, 4.69) is 290 Å². The molecule has 0 unspecified atom stereocenters. The summed E-state index contributed by atoms with van der Waals surface area (Å²) in [5.74, 6) is 0. The molecule has 0 aliphatic heterocycles. The van der Waals surface area contributed by atoms with E-state index in [1.807, 2.05) is 0 Å². The molecule has 0 spiro atoms. The minimum absolute atomic E-state index is 0.0731.